The molecule has 0 radical (unpaired) electrons. The first-order valence-corrected chi connectivity index (χ1v) is 7.29. The van der Waals surface area contributed by atoms with E-state index in [9.17, 15) is 5.11 Å². The van der Waals surface area contributed by atoms with Gasteiger partial charge in [-0.05, 0) is 38.1 Å². The summed E-state index contributed by atoms with van der Waals surface area (Å²) in [6.07, 6.45) is 8.02. The van der Waals surface area contributed by atoms with Gasteiger partial charge in [-0.15, -0.1) is 0 Å². The van der Waals surface area contributed by atoms with E-state index in [4.69, 9.17) is 5.73 Å². The summed E-state index contributed by atoms with van der Waals surface area (Å²) in [4.78, 5) is 0. The van der Waals surface area contributed by atoms with E-state index in [2.05, 4.69) is 12.2 Å². The van der Waals surface area contributed by atoms with Crippen molar-refractivity contribution < 1.29 is 5.11 Å². The van der Waals surface area contributed by atoms with Crippen molar-refractivity contribution in [3.63, 3.8) is 0 Å². The third-order valence-electron chi connectivity index (χ3n) is 5.26. The second-order valence-electron chi connectivity index (χ2n) is 6.17. The van der Waals surface area contributed by atoms with Crippen molar-refractivity contribution in [1.82, 2.24) is 5.32 Å². The van der Waals surface area contributed by atoms with Crippen molar-refractivity contribution in [3.05, 3.63) is 0 Å². The van der Waals surface area contributed by atoms with Crippen LogP contribution in [0.15, 0.2) is 0 Å². The molecule has 3 unspecified atom stereocenters. The molecule has 100 valence electrons. The fourth-order valence-electron chi connectivity index (χ4n) is 3.97. The Balaban J connectivity index is 2.16. The van der Waals surface area contributed by atoms with E-state index < -0.39 is 5.60 Å². The molecule has 0 aromatic rings. The van der Waals surface area contributed by atoms with Gasteiger partial charge in [-0.3, -0.25) is 0 Å². The highest BCUT2D eigenvalue weighted by Gasteiger charge is 2.51. The van der Waals surface area contributed by atoms with Gasteiger partial charge in [0, 0.05) is 18.5 Å². The van der Waals surface area contributed by atoms with Gasteiger partial charge in [-0.2, -0.15) is 0 Å². The van der Waals surface area contributed by atoms with Gasteiger partial charge in [0.05, 0.1) is 5.60 Å². The molecular formula is C14H28N2O. The van der Waals surface area contributed by atoms with Gasteiger partial charge in [0.15, 0.2) is 0 Å². The summed E-state index contributed by atoms with van der Waals surface area (Å²) < 4.78 is 0. The number of nitrogens with two attached hydrogens (primary N) is 1. The van der Waals surface area contributed by atoms with E-state index in [1.165, 1.54) is 19.3 Å². The molecule has 4 N–H and O–H groups in total. The van der Waals surface area contributed by atoms with E-state index in [-0.39, 0.29) is 5.41 Å². The van der Waals surface area contributed by atoms with E-state index >= 15 is 0 Å². The lowest BCUT2D eigenvalue weighted by Crippen LogP contribution is -2.61. The molecular weight excluding hydrogens is 212 g/mol. The Labute approximate surface area is 105 Å². The van der Waals surface area contributed by atoms with Gasteiger partial charge in [-0.25, -0.2) is 0 Å². The largest absolute Gasteiger partial charge is 0.388 e. The minimum atomic E-state index is -0.562. The Bertz CT molecular complexity index is 251. The SMILES string of the molecule is CCC1CCCC(CN)(C2(O)CCCNC2)C1. The molecule has 0 aromatic heterocycles. The van der Waals surface area contributed by atoms with Crippen LogP contribution in [0.1, 0.15) is 51.9 Å². The molecule has 1 heterocycles. The van der Waals surface area contributed by atoms with Gasteiger partial charge in [0.1, 0.15) is 0 Å². The monoisotopic (exact) mass is 240 g/mol. The third kappa shape index (κ3) is 2.38. The first-order chi connectivity index (χ1) is 8.16. The average molecular weight is 240 g/mol. The minimum absolute atomic E-state index is 0.0284. The zero-order valence-corrected chi connectivity index (χ0v) is 11.2. The van der Waals surface area contributed by atoms with Gasteiger partial charge in [0.25, 0.3) is 0 Å². The lowest BCUT2D eigenvalue weighted by atomic mass is 9.58. The second-order valence-corrected chi connectivity index (χ2v) is 6.17. The van der Waals surface area contributed by atoms with Crippen LogP contribution in [0.2, 0.25) is 0 Å². The highest BCUT2D eigenvalue weighted by molar-refractivity contribution is 5.04. The van der Waals surface area contributed by atoms with Gasteiger partial charge < -0.3 is 16.2 Å². The Morgan fingerprint density at radius 3 is 2.76 bits per heavy atom. The van der Waals surface area contributed by atoms with Crippen LogP contribution in [-0.2, 0) is 0 Å². The number of rotatable bonds is 3. The molecule has 2 rings (SSSR count). The normalized spacial score (nSPS) is 43.6. The van der Waals surface area contributed by atoms with Crippen molar-refractivity contribution >= 4 is 0 Å². The quantitative estimate of drug-likeness (QED) is 0.703. The molecule has 0 spiro atoms. The number of nitrogens with one attached hydrogen (secondary N) is 1. The molecule has 2 fully saturated rings. The highest BCUT2D eigenvalue weighted by atomic mass is 16.3. The summed E-state index contributed by atoms with van der Waals surface area (Å²) in [6.45, 7) is 4.68. The molecule has 2 aliphatic rings. The van der Waals surface area contributed by atoms with Crippen LogP contribution in [0.4, 0.5) is 0 Å². The van der Waals surface area contributed by atoms with E-state index in [1.54, 1.807) is 0 Å². The van der Waals surface area contributed by atoms with Gasteiger partial charge >= 0.3 is 0 Å². The standard InChI is InChI=1S/C14H28N2O/c1-2-12-5-3-6-13(9-12,10-15)14(17)7-4-8-16-11-14/h12,16-17H,2-11,15H2,1H3. The molecule has 1 saturated carbocycles. The summed E-state index contributed by atoms with van der Waals surface area (Å²) in [6, 6.07) is 0. The fraction of sp³-hybridized carbons (Fsp3) is 1.00. The Morgan fingerprint density at radius 1 is 1.35 bits per heavy atom. The number of hydrogen-bond acceptors (Lipinski definition) is 3. The molecule has 0 amide bonds. The van der Waals surface area contributed by atoms with E-state index in [1.807, 2.05) is 0 Å². The predicted octanol–water partition coefficient (Wildman–Crippen LogP) is 1.65. The van der Waals surface area contributed by atoms with Crippen LogP contribution in [0.5, 0.6) is 0 Å². The van der Waals surface area contributed by atoms with E-state index in [0.29, 0.717) is 6.54 Å². The highest BCUT2D eigenvalue weighted by Crippen LogP contribution is 2.49. The molecule has 17 heavy (non-hydrogen) atoms. The van der Waals surface area contributed by atoms with Crippen LogP contribution in [0.3, 0.4) is 0 Å². The van der Waals surface area contributed by atoms with Crippen molar-refractivity contribution in [2.45, 2.75) is 57.5 Å². The Kier molecular flexibility index (Phi) is 4.11. The number of hydrogen-bond donors (Lipinski definition) is 3. The van der Waals surface area contributed by atoms with Crippen molar-refractivity contribution in [1.29, 1.82) is 0 Å². The van der Waals surface area contributed by atoms with E-state index in [0.717, 1.165) is 44.7 Å². The van der Waals surface area contributed by atoms with Gasteiger partial charge in [-0.1, -0.05) is 26.2 Å². The first-order valence-electron chi connectivity index (χ1n) is 7.29. The Hall–Kier alpha value is -0.120. The topological polar surface area (TPSA) is 58.3 Å². The molecule has 1 aliphatic carbocycles. The molecule has 0 aromatic carbocycles. The lowest BCUT2D eigenvalue weighted by molar-refractivity contribution is -0.120. The zero-order chi connectivity index (χ0) is 12.4. The molecule has 3 nitrogen and oxygen atoms in total. The summed E-state index contributed by atoms with van der Waals surface area (Å²) in [5, 5.41) is 14.4. The second kappa shape index (κ2) is 5.25. The molecule has 3 atom stereocenters. The van der Waals surface area contributed by atoms with Crippen LogP contribution in [-0.4, -0.2) is 30.3 Å². The summed E-state index contributed by atoms with van der Waals surface area (Å²) in [7, 11) is 0. The molecule has 1 saturated heterocycles. The van der Waals surface area contributed by atoms with Crippen LogP contribution in [0.25, 0.3) is 0 Å². The molecule has 1 aliphatic heterocycles. The van der Waals surface area contributed by atoms with Crippen molar-refractivity contribution in [2.75, 3.05) is 19.6 Å². The number of aliphatic hydroxyl groups is 1. The summed E-state index contributed by atoms with van der Waals surface area (Å²) in [5.74, 6) is 0.762. The summed E-state index contributed by atoms with van der Waals surface area (Å²) >= 11 is 0. The Morgan fingerprint density at radius 2 is 2.18 bits per heavy atom. The number of piperidine rings is 1. The molecule has 0 bridgehead atoms. The maximum atomic E-state index is 11.0. The fourth-order valence-corrected chi connectivity index (χ4v) is 3.97. The van der Waals surface area contributed by atoms with Crippen LogP contribution >= 0.6 is 0 Å². The number of β-amino-alcohol motifs (C(OH)–C–C–N with tert-alkyl or cyclic N) is 1. The maximum Gasteiger partial charge on any atom is 0.0839 e. The minimum Gasteiger partial charge on any atom is -0.388 e. The zero-order valence-electron chi connectivity index (χ0n) is 11.2. The van der Waals surface area contributed by atoms with Crippen molar-refractivity contribution in [3.8, 4) is 0 Å². The van der Waals surface area contributed by atoms with Gasteiger partial charge in [0.2, 0.25) is 0 Å². The van der Waals surface area contributed by atoms with Crippen LogP contribution < -0.4 is 11.1 Å². The average Bonchev–Trinajstić information content (AvgIpc) is 2.39. The predicted molar refractivity (Wildman–Crippen MR) is 70.8 cm³/mol. The lowest BCUT2D eigenvalue weighted by Gasteiger charge is -2.52. The van der Waals surface area contributed by atoms with Crippen molar-refractivity contribution in [2.24, 2.45) is 17.1 Å². The first kappa shape index (κ1) is 13.3. The summed E-state index contributed by atoms with van der Waals surface area (Å²) in [5.41, 5.74) is 5.49. The maximum absolute atomic E-state index is 11.0. The molecule has 3 heteroatoms. The van der Waals surface area contributed by atoms with Crippen LogP contribution in [0, 0.1) is 11.3 Å². The third-order valence-corrected chi connectivity index (χ3v) is 5.26. The smallest absolute Gasteiger partial charge is 0.0839 e.